The SMILES string of the molecule is C[N]CC1CCCCCC1. The van der Waals surface area contributed by atoms with Crippen molar-refractivity contribution in [1.29, 1.82) is 0 Å². The fraction of sp³-hybridized carbons (Fsp3) is 1.00. The Morgan fingerprint density at radius 2 is 1.70 bits per heavy atom. The van der Waals surface area contributed by atoms with Gasteiger partial charge in [-0.2, -0.15) is 0 Å². The summed E-state index contributed by atoms with van der Waals surface area (Å²) in [7, 11) is 1.94. The molecule has 1 fully saturated rings. The highest BCUT2D eigenvalue weighted by atomic mass is 14.8. The van der Waals surface area contributed by atoms with Crippen LogP contribution in [-0.2, 0) is 0 Å². The van der Waals surface area contributed by atoms with Crippen LogP contribution in [0.2, 0.25) is 0 Å². The Morgan fingerprint density at radius 1 is 1.10 bits per heavy atom. The fourth-order valence-corrected chi connectivity index (χ4v) is 1.80. The van der Waals surface area contributed by atoms with Crippen LogP contribution in [0.3, 0.4) is 0 Å². The minimum atomic E-state index is 0.924. The molecular formula is C9H18N. The molecule has 0 heterocycles. The van der Waals surface area contributed by atoms with Gasteiger partial charge in [-0.3, -0.25) is 0 Å². The molecule has 0 amide bonds. The number of nitrogens with zero attached hydrogens (tertiary/aromatic N) is 1. The summed E-state index contributed by atoms with van der Waals surface area (Å²) in [5.41, 5.74) is 0. The van der Waals surface area contributed by atoms with Crippen LogP contribution >= 0.6 is 0 Å². The fourth-order valence-electron chi connectivity index (χ4n) is 1.80. The Balaban J connectivity index is 2.15. The third-order valence-electron chi connectivity index (χ3n) is 2.42. The lowest BCUT2D eigenvalue weighted by atomic mass is 10.0. The first-order valence-electron chi connectivity index (χ1n) is 4.49. The Kier molecular flexibility index (Phi) is 3.81. The summed E-state index contributed by atoms with van der Waals surface area (Å²) in [5.74, 6) is 0.924. The van der Waals surface area contributed by atoms with E-state index in [2.05, 4.69) is 5.32 Å². The second-order valence-electron chi connectivity index (χ2n) is 3.36. The van der Waals surface area contributed by atoms with Crippen LogP contribution in [-0.4, -0.2) is 13.6 Å². The van der Waals surface area contributed by atoms with Crippen LogP contribution in [0, 0.1) is 5.92 Å². The summed E-state index contributed by atoms with van der Waals surface area (Å²) >= 11 is 0. The van der Waals surface area contributed by atoms with Crippen LogP contribution in [0.25, 0.3) is 0 Å². The van der Waals surface area contributed by atoms with Crippen molar-refractivity contribution in [1.82, 2.24) is 5.32 Å². The van der Waals surface area contributed by atoms with Gasteiger partial charge in [0.15, 0.2) is 0 Å². The topological polar surface area (TPSA) is 14.1 Å². The molecule has 0 aromatic rings. The van der Waals surface area contributed by atoms with Gasteiger partial charge >= 0.3 is 0 Å². The maximum atomic E-state index is 4.20. The van der Waals surface area contributed by atoms with E-state index in [1.807, 2.05) is 7.05 Å². The third-order valence-corrected chi connectivity index (χ3v) is 2.42. The predicted octanol–water partition coefficient (Wildman–Crippen LogP) is 2.19. The van der Waals surface area contributed by atoms with Gasteiger partial charge in [0.2, 0.25) is 0 Å². The maximum absolute atomic E-state index is 4.20. The Labute approximate surface area is 64.2 Å². The van der Waals surface area contributed by atoms with Crippen molar-refractivity contribution >= 4 is 0 Å². The molecule has 10 heavy (non-hydrogen) atoms. The summed E-state index contributed by atoms with van der Waals surface area (Å²) in [4.78, 5) is 0. The highest BCUT2D eigenvalue weighted by Gasteiger charge is 2.10. The number of hydrogen-bond acceptors (Lipinski definition) is 0. The van der Waals surface area contributed by atoms with Gasteiger partial charge in [-0.05, 0) is 18.8 Å². The highest BCUT2D eigenvalue weighted by Crippen LogP contribution is 2.21. The van der Waals surface area contributed by atoms with Crippen molar-refractivity contribution in [3.8, 4) is 0 Å². The maximum Gasteiger partial charge on any atom is 0.0158 e. The zero-order valence-corrected chi connectivity index (χ0v) is 6.97. The molecule has 0 aliphatic heterocycles. The molecule has 0 bridgehead atoms. The smallest absolute Gasteiger partial charge is 0.0158 e. The van der Waals surface area contributed by atoms with Crippen LogP contribution in [0.1, 0.15) is 38.5 Å². The Hall–Kier alpha value is -0.0400. The number of rotatable bonds is 2. The molecule has 1 aliphatic rings. The number of hydrogen-bond donors (Lipinski definition) is 0. The molecule has 1 aliphatic carbocycles. The van der Waals surface area contributed by atoms with E-state index in [1.54, 1.807) is 0 Å². The molecule has 59 valence electrons. The van der Waals surface area contributed by atoms with E-state index < -0.39 is 0 Å². The molecule has 0 saturated heterocycles. The minimum Gasteiger partial charge on any atom is -0.245 e. The van der Waals surface area contributed by atoms with E-state index in [-0.39, 0.29) is 0 Å². The van der Waals surface area contributed by atoms with Crippen molar-refractivity contribution in [3.63, 3.8) is 0 Å². The normalized spacial score (nSPS) is 22.5. The van der Waals surface area contributed by atoms with E-state index >= 15 is 0 Å². The van der Waals surface area contributed by atoms with E-state index in [1.165, 1.54) is 38.5 Å². The molecule has 0 spiro atoms. The summed E-state index contributed by atoms with van der Waals surface area (Å²) < 4.78 is 0. The molecule has 1 radical (unpaired) electrons. The zero-order chi connectivity index (χ0) is 7.23. The molecule has 1 nitrogen and oxygen atoms in total. The van der Waals surface area contributed by atoms with Crippen LogP contribution in [0.4, 0.5) is 0 Å². The van der Waals surface area contributed by atoms with Crippen molar-refractivity contribution in [2.75, 3.05) is 13.6 Å². The first-order valence-corrected chi connectivity index (χ1v) is 4.49. The van der Waals surface area contributed by atoms with Gasteiger partial charge in [-0.15, -0.1) is 0 Å². The summed E-state index contributed by atoms with van der Waals surface area (Å²) in [6, 6.07) is 0. The third kappa shape index (κ3) is 2.70. The first kappa shape index (κ1) is 8.06. The van der Waals surface area contributed by atoms with Gasteiger partial charge in [-0.1, -0.05) is 25.7 Å². The van der Waals surface area contributed by atoms with Gasteiger partial charge in [0.25, 0.3) is 0 Å². The second-order valence-corrected chi connectivity index (χ2v) is 3.36. The molecule has 0 atom stereocenters. The molecule has 1 heteroatoms. The molecule has 1 saturated carbocycles. The van der Waals surface area contributed by atoms with Crippen LogP contribution in [0.15, 0.2) is 0 Å². The first-order chi connectivity index (χ1) is 4.93. The summed E-state index contributed by atoms with van der Waals surface area (Å²) in [6.07, 6.45) is 8.66. The predicted molar refractivity (Wildman–Crippen MR) is 44.1 cm³/mol. The molecule has 1 rings (SSSR count). The van der Waals surface area contributed by atoms with Gasteiger partial charge < -0.3 is 0 Å². The average molecular weight is 140 g/mol. The minimum absolute atomic E-state index is 0.924. The van der Waals surface area contributed by atoms with Crippen molar-refractivity contribution in [3.05, 3.63) is 0 Å². The lowest BCUT2D eigenvalue weighted by molar-refractivity contribution is 0.438. The van der Waals surface area contributed by atoms with Gasteiger partial charge in [-0.25, -0.2) is 5.32 Å². The summed E-state index contributed by atoms with van der Waals surface area (Å²) in [5, 5.41) is 4.20. The van der Waals surface area contributed by atoms with Crippen molar-refractivity contribution in [2.24, 2.45) is 5.92 Å². The average Bonchev–Trinajstić information content (AvgIpc) is 2.17. The van der Waals surface area contributed by atoms with E-state index in [0.717, 1.165) is 12.5 Å². The van der Waals surface area contributed by atoms with Crippen LogP contribution in [0.5, 0.6) is 0 Å². The largest absolute Gasteiger partial charge is 0.245 e. The monoisotopic (exact) mass is 140 g/mol. The lowest BCUT2D eigenvalue weighted by Crippen LogP contribution is -2.12. The van der Waals surface area contributed by atoms with Gasteiger partial charge in [0.05, 0.1) is 0 Å². The molecule has 0 aromatic carbocycles. The molecular weight excluding hydrogens is 122 g/mol. The van der Waals surface area contributed by atoms with Crippen molar-refractivity contribution < 1.29 is 0 Å². The summed E-state index contributed by atoms with van der Waals surface area (Å²) in [6.45, 7) is 1.11. The van der Waals surface area contributed by atoms with E-state index in [4.69, 9.17) is 0 Å². The second kappa shape index (κ2) is 4.73. The van der Waals surface area contributed by atoms with Crippen molar-refractivity contribution in [2.45, 2.75) is 38.5 Å². The molecule has 0 aromatic heterocycles. The lowest BCUT2D eigenvalue weighted by Gasteiger charge is -2.10. The van der Waals surface area contributed by atoms with Gasteiger partial charge in [0.1, 0.15) is 0 Å². The zero-order valence-electron chi connectivity index (χ0n) is 6.97. The standard InChI is InChI=1S/C9H18N/c1-10-8-9-6-4-2-3-5-7-9/h9H,2-8H2,1H3. The van der Waals surface area contributed by atoms with E-state index in [9.17, 15) is 0 Å². The highest BCUT2D eigenvalue weighted by molar-refractivity contribution is 4.65. The quantitative estimate of drug-likeness (QED) is 0.522. The van der Waals surface area contributed by atoms with Gasteiger partial charge in [0, 0.05) is 13.6 Å². The van der Waals surface area contributed by atoms with E-state index in [0.29, 0.717) is 0 Å². The molecule has 0 unspecified atom stereocenters. The van der Waals surface area contributed by atoms with Crippen LogP contribution < -0.4 is 5.32 Å². The molecule has 0 N–H and O–H groups in total. The Morgan fingerprint density at radius 3 is 2.20 bits per heavy atom. The Bertz CT molecular complexity index is 72.8.